The highest BCUT2D eigenvalue weighted by molar-refractivity contribution is 6.04. The molecule has 0 spiro atoms. The first-order valence-electron chi connectivity index (χ1n) is 13.3. The summed E-state index contributed by atoms with van der Waals surface area (Å²) in [5, 5.41) is 5.88. The van der Waals surface area contributed by atoms with Crippen LogP contribution in [0.2, 0.25) is 0 Å². The van der Waals surface area contributed by atoms with E-state index in [9.17, 15) is 14.4 Å². The number of urea groups is 1. The summed E-state index contributed by atoms with van der Waals surface area (Å²) in [7, 11) is 0. The summed E-state index contributed by atoms with van der Waals surface area (Å²) in [5.41, 5.74) is 5.01. The lowest BCUT2D eigenvalue weighted by Crippen LogP contribution is -2.48. The Morgan fingerprint density at radius 1 is 0.949 bits per heavy atom. The van der Waals surface area contributed by atoms with Gasteiger partial charge in [0.2, 0.25) is 0 Å². The highest BCUT2D eigenvalue weighted by Gasteiger charge is 2.36. The molecule has 0 radical (unpaired) electrons. The quantitative estimate of drug-likeness (QED) is 0.310. The van der Waals surface area contributed by atoms with Crippen molar-refractivity contribution >= 4 is 23.6 Å². The monoisotopic (exact) mass is 525 g/mol. The van der Waals surface area contributed by atoms with Gasteiger partial charge in [-0.15, -0.1) is 0 Å². The third kappa shape index (κ3) is 6.55. The number of rotatable bonds is 9. The number of esters is 1. The van der Waals surface area contributed by atoms with E-state index >= 15 is 0 Å². The molecule has 39 heavy (non-hydrogen) atoms. The van der Waals surface area contributed by atoms with Gasteiger partial charge in [-0.25, -0.2) is 9.59 Å². The van der Waals surface area contributed by atoms with Crippen molar-refractivity contribution in [3.8, 4) is 11.1 Å². The van der Waals surface area contributed by atoms with Crippen LogP contribution in [-0.4, -0.2) is 36.0 Å². The SMILES string of the molecule is CCCN1C(=O)N[C@@H](c2ccc(NC(=O)c3ccc(-c4ccccc4)cc3)cc2)C(C(=O)OCC(C)C)=C1C. The van der Waals surface area contributed by atoms with E-state index in [1.54, 1.807) is 48.2 Å². The molecule has 0 saturated heterocycles. The Kier molecular flexibility index (Phi) is 8.81. The molecule has 7 heteroatoms. The van der Waals surface area contributed by atoms with Crippen molar-refractivity contribution in [1.29, 1.82) is 0 Å². The van der Waals surface area contributed by atoms with E-state index < -0.39 is 12.0 Å². The van der Waals surface area contributed by atoms with E-state index in [-0.39, 0.29) is 17.9 Å². The van der Waals surface area contributed by atoms with Gasteiger partial charge in [-0.05, 0) is 60.2 Å². The zero-order chi connectivity index (χ0) is 27.9. The number of anilines is 1. The van der Waals surface area contributed by atoms with Crippen LogP contribution in [0.25, 0.3) is 11.1 Å². The molecule has 1 atom stereocenters. The van der Waals surface area contributed by atoms with Crippen molar-refractivity contribution in [3.05, 3.63) is 101 Å². The van der Waals surface area contributed by atoms with Gasteiger partial charge in [0.1, 0.15) is 0 Å². The van der Waals surface area contributed by atoms with Crippen LogP contribution in [0.4, 0.5) is 10.5 Å². The molecule has 202 valence electrons. The van der Waals surface area contributed by atoms with Gasteiger partial charge in [0, 0.05) is 23.5 Å². The molecular formula is C32H35N3O4. The Bertz CT molecular complexity index is 1350. The number of carbonyl (C=O) groups excluding carboxylic acids is 3. The zero-order valence-electron chi connectivity index (χ0n) is 22.9. The molecule has 0 aliphatic carbocycles. The molecule has 7 nitrogen and oxygen atoms in total. The number of ether oxygens (including phenoxy) is 1. The van der Waals surface area contributed by atoms with Gasteiger partial charge >= 0.3 is 12.0 Å². The lowest BCUT2D eigenvalue weighted by molar-refractivity contribution is -0.140. The Hall–Kier alpha value is -4.39. The maximum absolute atomic E-state index is 13.1. The first-order chi connectivity index (χ1) is 18.8. The van der Waals surface area contributed by atoms with Crippen LogP contribution in [0, 0.1) is 5.92 Å². The van der Waals surface area contributed by atoms with Crippen molar-refractivity contribution in [2.45, 2.75) is 40.2 Å². The van der Waals surface area contributed by atoms with Crippen LogP contribution in [0.3, 0.4) is 0 Å². The standard InChI is InChI=1S/C32H35N3O4/c1-5-19-35-22(4)28(31(37)39-20-21(2)3)29(34-32(35)38)25-15-17-27(18-16-25)33-30(36)26-13-11-24(12-14-26)23-9-7-6-8-10-23/h6-18,21,29H,5,19-20H2,1-4H3,(H,33,36)(H,34,38)/t29-/m0/s1. The predicted octanol–water partition coefficient (Wildman–Crippen LogP) is 6.56. The minimum atomic E-state index is -0.652. The highest BCUT2D eigenvalue weighted by atomic mass is 16.5. The van der Waals surface area contributed by atoms with E-state index in [4.69, 9.17) is 4.74 Å². The number of carbonyl (C=O) groups is 3. The summed E-state index contributed by atoms with van der Waals surface area (Å²) in [6, 6.07) is 23.7. The third-order valence-electron chi connectivity index (χ3n) is 6.57. The number of benzene rings is 3. The van der Waals surface area contributed by atoms with Gasteiger partial charge in [0.05, 0.1) is 18.2 Å². The largest absolute Gasteiger partial charge is 0.462 e. The summed E-state index contributed by atoms with van der Waals surface area (Å²) in [6.45, 7) is 8.51. The average molecular weight is 526 g/mol. The molecule has 0 unspecified atom stereocenters. The molecule has 3 aromatic rings. The zero-order valence-corrected chi connectivity index (χ0v) is 22.9. The molecule has 0 saturated carbocycles. The van der Waals surface area contributed by atoms with Crippen molar-refractivity contribution in [2.75, 3.05) is 18.5 Å². The Balaban J connectivity index is 1.51. The second-order valence-electron chi connectivity index (χ2n) is 10.0. The topological polar surface area (TPSA) is 87.7 Å². The average Bonchev–Trinajstić information content (AvgIpc) is 2.94. The van der Waals surface area contributed by atoms with E-state index in [0.717, 1.165) is 23.1 Å². The van der Waals surface area contributed by atoms with Crippen LogP contribution >= 0.6 is 0 Å². The van der Waals surface area contributed by atoms with Gasteiger partial charge in [-0.2, -0.15) is 0 Å². The molecular weight excluding hydrogens is 490 g/mol. The lowest BCUT2D eigenvalue weighted by Gasteiger charge is -2.35. The summed E-state index contributed by atoms with van der Waals surface area (Å²) < 4.78 is 5.56. The van der Waals surface area contributed by atoms with Crippen molar-refractivity contribution in [2.24, 2.45) is 5.92 Å². The lowest BCUT2D eigenvalue weighted by atomic mass is 9.94. The molecule has 0 aromatic heterocycles. The first-order valence-corrected chi connectivity index (χ1v) is 13.3. The summed E-state index contributed by atoms with van der Waals surface area (Å²) in [6.07, 6.45) is 0.757. The van der Waals surface area contributed by atoms with Crippen molar-refractivity contribution in [3.63, 3.8) is 0 Å². The minimum absolute atomic E-state index is 0.190. The molecule has 0 fully saturated rings. The Labute approximate surface area is 229 Å². The normalized spacial score (nSPS) is 15.3. The number of allylic oxidation sites excluding steroid dienone is 1. The highest BCUT2D eigenvalue weighted by Crippen LogP contribution is 2.32. The summed E-state index contributed by atoms with van der Waals surface area (Å²) in [4.78, 5) is 40.4. The van der Waals surface area contributed by atoms with Gasteiger partial charge in [0.25, 0.3) is 5.91 Å². The van der Waals surface area contributed by atoms with Crippen LogP contribution in [0.1, 0.15) is 56.1 Å². The van der Waals surface area contributed by atoms with Gasteiger partial charge < -0.3 is 15.4 Å². The maximum Gasteiger partial charge on any atom is 0.338 e. The van der Waals surface area contributed by atoms with Crippen LogP contribution in [-0.2, 0) is 9.53 Å². The van der Waals surface area contributed by atoms with Crippen molar-refractivity contribution < 1.29 is 19.1 Å². The van der Waals surface area contributed by atoms with E-state index in [1.165, 1.54) is 0 Å². The smallest absolute Gasteiger partial charge is 0.338 e. The second kappa shape index (κ2) is 12.4. The molecule has 2 N–H and O–H groups in total. The first kappa shape index (κ1) is 27.6. The molecule has 1 aliphatic rings. The minimum Gasteiger partial charge on any atom is -0.462 e. The van der Waals surface area contributed by atoms with E-state index in [2.05, 4.69) is 10.6 Å². The predicted molar refractivity (Wildman–Crippen MR) is 153 cm³/mol. The molecule has 3 amide bonds. The fourth-order valence-electron chi connectivity index (χ4n) is 4.52. The van der Waals surface area contributed by atoms with E-state index in [0.29, 0.717) is 35.7 Å². The Morgan fingerprint density at radius 3 is 2.21 bits per heavy atom. The number of hydrogen-bond acceptors (Lipinski definition) is 4. The van der Waals surface area contributed by atoms with E-state index in [1.807, 2.05) is 63.2 Å². The third-order valence-corrected chi connectivity index (χ3v) is 6.57. The van der Waals surface area contributed by atoms with Crippen LogP contribution < -0.4 is 10.6 Å². The summed E-state index contributed by atoms with van der Waals surface area (Å²) in [5.74, 6) is -0.475. The summed E-state index contributed by atoms with van der Waals surface area (Å²) >= 11 is 0. The second-order valence-corrected chi connectivity index (χ2v) is 10.0. The molecule has 4 rings (SSSR count). The molecule has 1 heterocycles. The number of amides is 3. The van der Waals surface area contributed by atoms with Gasteiger partial charge in [-0.1, -0.05) is 75.4 Å². The van der Waals surface area contributed by atoms with Gasteiger partial charge in [0.15, 0.2) is 0 Å². The molecule has 3 aromatic carbocycles. The molecule has 1 aliphatic heterocycles. The van der Waals surface area contributed by atoms with Gasteiger partial charge in [-0.3, -0.25) is 9.69 Å². The van der Waals surface area contributed by atoms with Crippen LogP contribution in [0.15, 0.2) is 90.1 Å². The van der Waals surface area contributed by atoms with Crippen molar-refractivity contribution in [1.82, 2.24) is 10.2 Å². The Morgan fingerprint density at radius 2 is 1.59 bits per heavy atom. The fraction of sp³-hybridized carbons (Fsp3) is 0.281. The number of nitrogens with one attached hydrogen (secondary N) is 2. The van der Waals surface area contributed by atoms with Crippen LogP contribution in [0.5, 0.6) is 0 Å². The number of nitrogens with zero attached hydrogens (tertiary/aromatic N) is 1. The fourth-order valence-corrected chi connectivity index (χ4v) is 4.52. The maximum atomic E-state index is 13.1. The molecule has 0 bridgehead atoms. The number of hydrogen-bond donors (Lipinski definition) is 2.